The van der Waals surface area contributed by atoms with Crippen LogP contribution in [-0.2, 0) is 4.74 Å². The maximum absolute atomic E-state index is 12.3. The average molecular weight is 246 g/mol. The molecule has 96 valence electrons. The van der Waals surface area contributed by atoms with E-state index in [0.29, 0.717) is 12.4 Å². The predicted molar refractivity (Wildman–Crippen MR) is 70.9 cm³/mol. The fourth-order valence-electron chi connectivity index (χ4n) is 2.02. The molecule has 0 N–H and O–H groups in total. The zero-order valence-electron chi connectivity index (χ0n) is 10.8. The van der Waals surface area contributed by atoms with Crippen molar-refractivity contribution in [2.24, 2.45) is 0 Å². The molecular weight excluding hydrogens is 228 g/mol. The van der Waals surface area contributed by atoms with Gasteiger partial charge in [-0.25, -0.2) is 0 Å². The van der Waals surface area contributed by atoms with Crippen LogP contribution in [0.2, 0.25) is 0 Å². The van der Waals surface area contributed by atoms with E-state index in [2.05, 4.69) is 0 Å². The molecule has 3 heteroatoms. The van der Waals surface area contributed by atoms with Crippen LogP contribution in [0.4, 0.5) is 0 Å². The minimum Gasteiger partial charge on any atom is -0.453 e. The van der Waals surface area contributed by atoms with E-state index in [1.54, 1.807) is 6.07 Å². The summed E-state index contributed by atoms with van der Waals surface area (Å²) in [4.78, 5) is 12.3. The minimum absolute atomic E-state index is 0.0603. The van der Waals surface area contributed by atoms with Crippen molar-refractivity contribution in [3.8, 4) is 0 Å². The summed E-state index contributed by atoms with van der Waals surface area (Å²) in [6.07, 6.45) is 1.25. The van der Waals surface area contributed by atoms with Crippen LogP contribution in [0.3, 0.4) is 0 Å². The highest BCUT2D eigenvalue weighted by Crippen LogP contribution is 2.21. The second-order valence-electron chi connectivity index (χ2n) is 4.25. The summed E-state index contributed by atoms with van der Waals surface area (Å²) in [7, 11) is 0. The van der Waals surface area contributed by atoms with E-state index in [1.165, 1.54) is 0 Å². The molecule has 0 saturated heterocycles. The zero-order valence-corrected chi connectivity index (χ0v) is 10.8. The van der Waals surface area contributed by atoms with Gasteiger partial charge in [0.2, 0.25) is 5.78 Å². The van der Waals surface area contributed by atoms with Gasteiger partial charge in [-0.05, 0) is 25.5 Å². The maximum Gasteiger partial charge on any atom is 0.226 e. The summed E-state index contributed by atoms with van der Waals surface area (Å²) >= 11 is 0. The fraction of sp³-hybridized carbons (Fsp3) is 0.400. The smallest absolute Gasteiger partial charge is 0.226 e. The molecule has 0 aliphatic carbocycles. The highest BCUT2D eigenvalue weighted by atomic mass is 16.5. The first-order valence-electron chi connectivity index (χ1n) is 6.40. The topological polar surface area (TPSA) is 39.4 Å². The minimum atomic E-state index is -0.388. The number of fused-ring (bicyclic) bond motifs is 1. The van der Waals surface area contributed by atoms with Crippen molar-refractivity contribution in [2.75, 3.05) is 6.61 Å². The molecule has 3 nitrogen and oxygen atoms in total. The molecule has 0 bridgehead atoms. The van der Waals surface area contributed by atoms with Gasteiger partial charge in [0.1, 0.15) is 11.7 Å². The molecule has 18 heavy (non-hydrogen) atoms. The fourth-order valence-corrected chi connectivity index (χ4v) is 2.02. The number of rotatable bonds is 6. The third kappa shape index (κ3) is 2.62. The lowest BCUT2D eigenvalue weighted by atomic mass is 10.1. The first-order chi connectivity index (χ1) is 8.76. The molecular formula is C15H18O3. The van der Waals surface area contributed by atoms with E-state index < -0.39 is 0 Å². The Kier molecular flexibility index (Phi) is 4.15. The van der Waals surface area contributed by atoms with E-state index in [1.807, 2.05) is 38.1 Å². The lowest BCUT2D eigenvalue weighted by Gasteiger charge is -2.12. The molecule has 0 aliphatic heterocycles. The number of carbonyl (C=O) groups is 1. The van der Waals surface area contributed by atoms with E-state index in [4.69, 9.17) is 9.15 Å². The summed E-state index contributed by atoms with van der Waals surface area (Å²) in [6.45, 7) is 4.48. The summed E-state index contributed by atoms with van der Waals surface area (Å²) in [5, 5.41) is 0.951. The molecule has 1 unspecified atom stereocenters. The summed E-state index contributed by atoms with van der Waals surface area (Å²) in [6, 6.07) is 9.41. The standard InChI is InChI=1S/C15H18O3/c1-3-7-13(17-4-2)15(16)14-10-11-8-5-6-9-12(11)18-14/h5-6,8-10,13H,3-4,7H2,1-2H3. The Bertz CT molecular complexity index is 488. The first-order valence-corrected chi connectivity index (χ1v) is 6.40. The quantitative estimate of drug-likeness (QED) is 0.727. The van der Waals surface area contributed by atoms with Gasteiger partial charge in [-0.3, -0.25) is 4.79 Å². The van der Waals surface area contributed by atoms with Crippen LogP contribution in [-0.4, -0.2) is 18.5 Å². The summed E-state index contributed by atoms with van der Waals surface area (Å²) in [5.74, 6) is 0.331. The number of para-hydroxylation sites is 1. The summed E-state index contributed by atoms with van der Waals surface area (Å²) < 4.78 is 11.1. The maximum atomic E-state index is 12.3. The van der Waals surface area contributed by atoms with E-state index in [9.17, 15) is 4.79 Å². The van der Waals surface area contributed by atoms with Gasteiger partial charge in [0, 0.05) is 12.0 Å². The highest BCUT2D eigenvalue weighted by molar-refractivity contribution is 6.00. The van der Waals surface area contributed by atoms with Crippen LogP contribution in [0.1, 0.15) is 37.2 Å². The van der Waals surface area contributed by atoms with Gasteiger partial charge < -0.3 is 9.15 Å². The Labute approximate surface area is 107 Å². The number of hydrogen-bond donors (Lipinski definition) is 0. The molecule has 2 aromatic rings. The van der Waals surface area contributed by atoms with Gasteiger partial charge in [-0.15, -0.1) is 0 Å². The zero-order chi connectivity index (χ0) is 13.0. The Balaban J connectivity index is 2.25. The van der Waals surface area contributed by atoms with E-state index in [0.717, 1.165) is 23.8 Å². The second-order valence-corrected chi connectivity index (χ2v) is 4.25. The van der Waals surface area contributed by atoms with Crippen LogP contribution in [0.15, 0.2) is 34.7 Å². The molecule has 0 fully saturated rings. The monoisotopic (exact) mass is 246 g/mol. The molecule has 0 aliphatic rings. The Hall–Kier alpha value is -1.61. The number of benzene rings is 1. The van der Waals surface area contributed by atoms with Gasteiger partial charge in [-0.1, -0.05) is 31.5 Å². The van der Waals surface area contributed by atoms with E-state index in [-0.39, 0.29) is 11.9 Å². The van der Waals surface area contributed by atoms with E-state index >= 15 is 0 Å². The molecule has 1 atom stereocenters. The number of carbonyl (C=O) groups excluding carboxylic acids is 1. The average Bonchev–Trinajstić information content (AvgIpc) is 2.81. The number of ketones is 1. The lowest BCUT2D eigenvalue weighted by Crippen LogP contribution is -2.23. The van der Waals surface area contributed by atoms with Crippen molar-refractivity contribution >= 4 is 16.8 Å². The van der Waals surface area contributed by atoms with Crippen molar-refractivity contribution in [1.29, 1.82) is 0 Å². The number of furan rings is 1. The molecule has 1 aromatic heterocycles. The number of ether oxygens (including phenoxy) is 1. The van der Waals surface area contributed by atoms with Crippen LogP contribution < -0.4 is 0 Å². The number of hydrogen-bond acceptors (Lipinski definition) is 3. The Morgan fingerprint density at radius 3 is 2.78 bits per heavy atom. The van der Waals surface area contributed by atoms with Gasteiger partial charge in [0.15, 0.2) is 5.76 Å². The van der Waals surface area contributed by atoms with Gasteiger partial charge in [0.25, 0.3) is 0 Å². The third-order valence-electron chi connectivity index (χ3n) is 2.88. The normalized spacial score (nSPS) is 12.8. The van der Waals surface area contributed by atoms with Gasteiger partial charge in [0.05, 0.1) is 0 Å². The van der Waals surface area contributed by atoms with Crippen LogP contribution in [0.25, 0.3) is 11.0 Å². The van der Waals surface area contributed by atoms with Crippen molar-refractivity contribution in [3.05, 3.63) is 36.1 Å². The predicted octanol–water partition coefficient (Wildman–Crippen LogP) is 3.82. The third-order valence-corrected chi connectivity index (χ3v) is 2.88. The molecule has 1 heterocycles. The van der Waals surface area contributed by atoms with Gasteiger partial charge in [-0.2, -0.15) is 0 Å². The lowest BCUT2D eigenvalue weighted by molar-refractivity contribution is 0.0401. The highest BCUT2D eigenvalue weighted by Gasteiger charge is 2.22. The van der Waals surface area contributed by atoms with Crippen LogP contribution >= 0.6 is 0 Å². The molecule has 0 radical (unpaired) electrons. The molecule has 2 rings (SSSR count). The van der Waals surface area contributed by atoms with Crippen molar-refractivity contribution in [3.63, 3.8) is 0 Å². The van der Waals surface area contributed by atoms with Crippen molar-refractivity contribution in [2.45, 2.75) is 32.8 Å². The number of Topliss-reactive ketones (excluding diaryl/α,β-unsaturated/α-hetero) is 1. The Morgan fingerprint density at radius 2 is 2.11 bits per heavy atom. The Morgan fingerprint density at radius 1 is 1.33 bits per heavy atom. The second kappa shape index (κ2) is 5.83. The largest absolute Gasteiger partial charge is 0.453 e. The first kappa shape index (κ1) is 12.8. The molecule has 0 saturated carbocycles. The van der Waals surface area contributed by atoms with Crippen LogP contribution in [0.5, 0.6) is 0 Å². The van der Waals surface area contributed by atoms with Crippen molar-refractivity contribution in [1.82, 2.24) is 0 Å². The SMILES string of the molecule is CCCC(OCC)C(=O)c1cc2ccccc2o1. The molecule has 0 spiro atoms. The van der Waals surface area contributed by atoms with Gasteiger partial charge >= 0.3 is 0 Å². The molecule has 0 amide bonds. The molecule has 1 aromatic carbocycles. The van der Waals surface area contributed by atoms with Crippen molar-refractivity contribution < 1.29 is 13.9 Å². The van der Waals surface area contributed by atoms with Crippen LogP contribution in [0, 0.1) is 0 Å². The summed E-state index contributed by atoms with van der Waals surface area (Å²) in [5.41, 5.74) is 0.743.